The summed E-state index contributed by atoms with van der Waals surface area (Å²) >= 11 is 5.95. The van der Waals surface area contributed by atoms with Gasteiger partial charge in [0.15, 0.2) is 0 Å². The highest BCUT2D eigenvalue weighted by atomic mass is 35.5. The minimum Gasteiger partial charge on any atom is -0.364 e. The lowest BCUT2D eigenvalue weighted by Gasteiger charge is -2.30. The van der Waals surface area contributed by atoms with Crippen LogP contribution in [-0.2, 0) is 24.9 Å². The Morgan fingerprint density at radius 3 is 3.03 bits per heavy atom. The number of nitrogens with one attached hydrogen (secondary N) is 2. The molecule has 0 spiro atoms. The molecule has 2 aliphatic rings. The molecular weight excluding hydrogens is 470 g/mol. The highest BCUT2D eigenvalue weighted by molar-refractivity contribution is 7.53. The Morgan fingerprint density at radius 1 is 1.45 bits per heavy atom. The number of ether oxygens (including phenoxy) is 1. The molecule has 1 fully saturated rings. The molecule has 11 heteroatoms. The summed E-state index contributed by atoms with van der Waals surface area (Å²) in [4.78, 5) is 4.38. The van der Waals surface area contributed by atoms with Gasteiger partial charge < -0.3 is 24.6 Å². The SMILES string of the molecule is CCC1=CNc2c(ncn2C[C@@H](C)OCP2(=O)OCC[C@@H](c3cc(F)cc(Cl)c3)O2)C(=N)C1. The van der Waals surface area contributed by atoms with E-state index in [1.54, 1.807) is 12.4 Å². The number of fused-ring (bicyclic) bond motifs is 1. The molecule has 0 aliphatic carbocycles. The lowest BCUT2D eigenvalue weighted by atomic mass is 10.1. The molecule has 3 atom stereocenters. The van der Waals surface area contributed by atoms with Crippen LogP contribution in [-0.4, -0.2) is 34.3 Å². The van der Waals surface area contributed by atoms with Crippen molar-refractivity contribution in [1.29, 1.82) is 5.41 Å². The molecule has 0 amide bonds. The molecule has 2 aliphatic heterocycles. The normalized spacial score (nSPS) is 23.9. The van der Waals surface area contributed by atoms with E-state index in [1.165, 1.54) is 12.1 Å². The maximum Gasteiger partial charge on any atom is 0.356 e. The number of nitrogens with zero attached hydrogens (tertiary/aromatic N) is 2. The number of anilines is 1. The van der Waals surface area contributed by atoms with Crippen molar-refractivity contribution < 1.29 is 22.7 Å². The van der Waals surface area contributed by atoms with Gasteiger partial charge in [0.1, 0.15) is 23.7 Å². The van der Waals surface area contributed by atoms with Crippen molar-refractivity contribution in [2.75, 3.05) is 18.3 Å². The average molecular weight is 497 g/mol. The molecule has 0 saturated carbocycles. The summed E-state index contributed by atoms with van der Waals surface area (Å²) in [5, 5.41) is 11.8. The number of allylic oxidation sites excluding steroid dienone is 1. The van der Waals surface area contributed by atoms with Gasteiger partial charge in [-0.1, -0.05) is 18.5 Å². The summed E-state index contributed by atoms with van der Waals surface area (Å²) in [7, 11) is -3.53. The van der Waals surface area contributed by atoms with Crippen LogP contribution in [0.1, 0.15) is 50.5 Å². The summed E-state index contributed by atoms with van der Waals surface area (Å²) in [6.45, 7) is 4.54. The monoisotopic (exact) mass is 496 g/mol. The molecule has 1 saturated heterocycles. The minimum atomic E-state index is -3.53. The zero-order chi connectivity index (χ0) is 23.6. The van der Waals surface area contributed by atoms with Crippen LogP contribution in [0.4, 0.5) is 10.2 Å². The molecule has 0 radical (unpaired) electrons. The van der Waals surface area contributed by atoms with Crippen LogP contribution in [0.2, 0.25) is 5.02 Å². The van der Waals surface area contributed by atoms with Gasteiger partial charge in [-0.05, 0) is 42.7 Å². The van der Waals surface area contributed by atoms with Crippen LogP contribution in [0, 0.1) is 11.2 Å². The molecule has 1 unspecified atom stereocenters. The highest BCUT2D eigenvalue weighted by Gasteiger charge is 2.35. The van der Waals surface area contributed by atoms with Crippen molar-refractivity contribution in [3.63, 3.8) is 0 Å². The molecule has 0 bridgehead atoms. The van der Waals surface area contributed by atoms with Crippen molar-refractivity contribution in [2.24, 2.45) is 0 Å². The first kappa shape index (κ1) is 24.1. The van der Waals surface area contributed by atoms with Crippen molar-refractivity contribution in [1.82, 2.24) is 9.55 Å². The Hall–Kier alpha value is -2.03. The molecule has 8 nitrogen and oxygen atoms in total. The maximum atomic E-state index is 13.7. The first-order chi connectivity index (χ1) is 15.8. The molecule has 4 rings (SSSR count). The van der Waals surface area contributed by atoms with E-state index in [1.807, 2.05) is 17.7 Å². The Morgan fingerprint density at radius 2 is 2.27 bits per heavy atom. The first-order valence-corrected chi connectivity index (χ1v) is 12.9. The number of aromatic nitrogens is 2. The summed E-state index contributed by atoms with van der Waals surface area (Å²) in [5.41, 5.74) is 2.73. The van der Waals surface area contributed by atoms with Crippen LogP contribution in [0.3, 0.4) is 0 Å². The second kappa shape index (κ2) is 10.1. The Labute approximate surface area is 197 Å². The van der Waals surface area contributed by atoms with E-state index < -0.39 is 19.5 Å². The van der Waals surface area contributed by atoms with Gasteiger partial charge in [-0.15, -0.1) is 0 Å². The van der Waals surface area contributed by atoms with E-state index in [4.69, 9.17) is 30.8 Å². The lowest BCUT2D eigenvalue weighted by molar-refractivity contribution is 0.0338. The molecule has 3 heterocycles. The van der Waals surface area contributed by atoms with Gasteiger partial charge in [-0.2, -0.15) is 0 Å². The van der Waals surface area contributed by atoms with Gasteiger partial charge in [0.2, 0.25) is 0 Å². The molecule has 2 N–H and O–H groups in total. The van der Waals surface area contributed by atoms with Crippen molar-refractivity contribution in [3.05, 3.63) is 58.4 Å². The fraction of sp³-hybridized carbons (Fsp3) is 0.455. The largest absolute Gasteiger partial charge is 0.364 e. The zero-order valence-electron chi connectivity index (χ0n) is 18.5. The third-order valence-corrected chi connectivity index (χ3v) is 7.41. The minimum absolute atomic E-state index is 0.209. The predicted molar refractivity (Wildman–Crippen MR) is 124 cm³/mol. The number of hydrogen-bond acceptors (Lipinski definition) is 7. The van der Waals surface area contributed by atoms with Gasteiger partial charge >= 0.3 is 7.60 Å². The highest BCUT2D eigenvalue weighted by Crippen LogP contribution is 2.56. The number of halogens is 2. The van der Waals surface area contributed by atoms with Gasteiger partial charge in [0.25, 0.3) is 0 Å². The second-order valence-corrected chi connectivity index (χ2v) is 10.6. The maximum absolute atomic E-state index is 13.7. The van der Waals surface area contributed by atoms with Gasteiger partial charge in [0.05, 0.1) is 37.4 Å². The fourth-order valence-electron chi connectivity index (χ4n) is 3.83. The van der Waals surface area contributed by atoms with Crippen molar-refractivity contribution in [2.45, 2.75) is 51.9 Å². The summed E-state index contributed by atoms with van der Waals surface area (Å²) in [6, 6.07) is 4.13. The number of hydrogen-bond donors (Lipinski definition) is 2. The molecule has 1 aromatic heterocycles. The second-order valence-electron chi connectivity index (χ2n) is 8.19. The topological polar surface area (TPSA) is 98.5 Å². The van der Waals surface area contributed by atoms with Crippen molar-refractivity contribution >= 4 is 30.7 Å². The van der Waals surface area contributed by atoms with E-state index in [0.29, 0.717) is 36.4 Å². The van der Waals surface area contributed by atoms with Crippen LogP contribution in [0.25, 0.3) is 0 Å². The third-order valence-electron chi connectivity index (χ3n) is 5.58. The summed E-state index contributed by atoms with van der Waals surface area (Å²) in [5.74, 6) is 0.257. The number of benzene rings is 1. The standard InChI is InChI=1S/C22H27ClFN4O4P/c1-3-15-6-19(25)21-22(26-10-15)28(12-27-21)11-14(2)30-13-33(29)31-5-4-20(32-33)16-7-17(23)9-18(24)8-16/h7-10,12,14,20,25-26H,3-6,11,13H2,1-2H3/t14-,20+,33?/m1/s1. The average Bonchev–Trinajstić information content (AvgIpc) is 3.09. The van der Waals surface area contributed by atoms with E-state index in [2.05, 4.69) is 17.2 Å². The van der Waals surface area contributed by atoms with Crippen LogP contribution < -0.4 is 5.32 Å². The first-order valence-electron chi connectivity index (χ1n) is 10.8. The molecule has 1 aromatic carbocycles. The summed E-state index contributed by atoms with van der Waals surface area (Å²) < 4.78 is 45.7. The Balaban J connectivity index is 1.38. The lowest BCUT2D eigenvalue weighted by Crippen LogP contribution is -2.21. The Kier molecular flexibility index (Phi) is 7.36. The predicted octanol–water partition coefficient (Wildman–Crippen LogP) is 5.89. The van der Waals surface area contributed by atoms with Crippen LogP contribution in [0.15, 0.2) is 36.3 Å². The van der Waals surface area contributed by atoms with Gasteiger partial charge in [-0.25, -0.2) is 9.37 Å². The van der Waals surface area contributed by atoms with Gasteiger partial charge in [0, 0.05) is 24.1 Å². The number of imidazole rings is 1. The smallest absolute Gasteiger partial charge is 0.356 e. The number of rotatable bonds is 7. The Bertz CT molecular complexity index is 1100. The molecular formula is C22H27ClFN4O4P. The van der Waals surface area contributed by atoms with E-state index in [9.17, 15) is 8.96 Å². The zero-order valence-corrected chi connectivity index (χ0v) is 20.2. The van der Waals surface area contributed by atoms with Crippen LogP contribution in [0.5, 0.6) is 0 Å². The van der Waals surface area contributed by atoms with E-state index in [0.717, 1.165) is 17.8 Å². The molecule has 2 aromatic rings. The fourth-order valence-corrected chi connectivity index (χ4v) is 5.69. The summed E-state index contributed by atoms with van der Waals surface area (Å²) in [6.07, 6.45) is 4.29. The quantitative estimate of drug-likeness (QED) is 0.464. The third kappa shape index (κ3) is 5.73. The van der Waals surface area contributed by atoms with Crippen LogP contribution >= 0.6 is 19.2 Å². The van der Waals surface area contributed by atoms with Gasteiger partial charge in [-0.3, -0.25) is 9.09 Å². The van der Waals surface area contributed by atoms with E-state index >= 15 is 0 Å². The van der Waals surface area contributed by atoms with E-state index in [-0.39, 0.29) is 24.1 Å². The van der Waals surface area contributed by atoms with Crippen molar-refractivity contribution in [3.8, 4) is 0 Å². The molecule has 178 valence electrons. The molecule has 33 heavy (non-hydrogen) atoms.